The molecule has 0 bridgehead atoms. The first-order valence-corrected chi connectivity index (χ1v) is 14.7. The summed E-state index contributed by atoms with van der Waals surface area (Å²) >= 11 is 0.886. The molecule has 200 valence electrons. The minimum Gasteiger partial charge on any atom is -0.375 e. The molecule has 0 radical (unpaired) electrons. The van der Waals surface area contributed by atoms with Crippen molar-refractivity contribution in [3.63, 3.8) is 0 Å². The molecular weight excluding hydrogens is 555 g/mol. The first-order valence-electron chi connectivity index (χ1n) is 10.8. The Balaban J connectivity index is 1.45. The Hall–Kier alpha value is -3.70. The fourth-order valence-electron chi connectivity index (χ4n) is 3.37. The summed E-state index contributed by atoms with van der Waals surface area (Å²) in [7, 11) is -7.71. The van der Waals surface area contributed by atoms with Crippen molar-refractivity contribution in [2.24, 2.45) is 5.14 Å². The van der Waals surface area contributed by atoms with Crippen LogP contribution in [0.1, 0.15) is 16.8 Å². The molecule has 2 aromatic carbocycles. The maximum Gasteiger partial charge on any atom is 0.252 e. The van der Waals surface area contributed by atoms with Crippen LogP contribution < -0.4 is 26.2 Å². The number of nitrogens with two attached hydrogens (primary N) is 2. The van der Waals surface area contributed by atoms with Crippen LogP contribution in [0.15, 0.2) is 57.8 Å². The first kappa shape index (κ1) is 27.3. The molecule has 2 heterocycles. The van der Waals surface area contributed by atoms with Gasteiger partial charge in [-0.15, -0.1) is 0 Å². The van der Waals surface area contributed by atoms with Crippen LogP contribution in [0.4, 0.5) is 32.7 Å². The summed E-state index contributed by atoms with van der Waals surface area (Å²) in [6.07, 6.45) is 0.962. The maximum atomic E-state index is 14.4. The fraction of sp³-hybridized carbons (Fsp3) is 0.136. The van der Waals surface area contributed by atoms with Gasteiger partial charge in [0, 0.05) is 17.9 Å². The van der Waals surface area contributed by atoms with Crippen LogP contribution in [0.2, 0.25) is 0 Å². The second-order valence-electron chi connectivity index (χ2n) is 8.11. The molecule has 0 saturated heterocycles. The van der Waals surface area contributed by atoms with Gasteiger partial charge >= 0.3 is 0 Å². The van der Waals surface area contributed by atoms with E-state index in [1.54, 1.807) is 50.2 Å². The lowest BCUT2D eigenvalue weighted by Crippen LogP contribution is -2.23. The van der Waals surface area contributed by atoms with Crippen molar-refractivity contribution in [2.45, 2.75) is 29.5 Å². The zero-order valence-corrected chi connectivity index (χ0v) is 22.5. The van der Waals surface area contributed by atoms with Gasteiger partial charge in [0.25, 0.3) is 10.0 Å². The van der Waals surface area contributed by atoms with E-state index in [9.17, 15) is 21.2 Å². The van der Waals surface area contributed by atoms with Crippen LogP contribution in [0.3, 0.4) is 0 Å². The SMILES string of the molecule is Cc1ccc(Nc2ncc(F)c(Nc3ccc(CNS(=O)(=O)c4sc(N)nc4C)cc3)n2)cc1S(N)(=O)=O. The third-order valence-corrected chi connectivity index (χ3v) is 9.24. The Morgan fingerprint density at radius 2 is 1.66 bits per heavy atom. The highest BCUT2D eigenvalue weighted by Gasteiger charge is 2.21. The molecule has 2 aromatic heterocycles. The number of nitrogens with zero attached hydrogens (tertiary/aromatic N) is 3. The number of halogens is 1. The topological polar surface area (TPSA) is 195 Å². The smallest absolute Gasteiger partial charge is 0.252 e. The molecule has 0 aliphatic carbocycles. The second kappa shape index (κ2) is 10.6. The lowest BCUT2D eigenvalue weighted by molar-refractivity contribution is 0.582. The second-order valence-corrected chi connectivity index (χ2v) is 12.6. The van der Waals surface area contributed by atoms with Crippen LogP contribution >= 0.6 is 11.3 Å². The summed E-state index contributed by atoms with van der Waals surface area (Å²) in [6, 6.07) is 11.1. The molecule has 0 atom stereocenters. The van der Waals surface area contributed by atoms with Crippen molar-refractivity contribution in [1.82, 2.24) is 19.7 Å². The molecule has 38 heavy (non-hydrogen) atoms. The van der Waals surface area contributed by atoms with E-state index in [2.05, 4.69) is 30.3 Å². The number of anilines is 5. The van der Waals surface area contributed by atoms with Gasteiger partial charge in [-0.1, -0.05) is 29.5 Å². The number of rotatable bonds is 9. The number of sulfonamides is 2. The van der Waals surface area contributed by atoms with E-state index in [1.165, 1.54) is 6.07 Å². The van der Waals surface area contributed by atoms with E-state index in [-0.39, 0.29) is 32.5 Å². The summed E-state index contributed by atoms with van der Waals surface area (Å²) in [6.45, 7) is 3.20. The molecule has 0 amide bonds. The van der Waals surface area contributed by atoms with Gasteiger partial charge in [-0.2, -0.15) is 4.98 Å². The van der Waals surface area contributed by atoms with Crippen molar-refractivity contribution < 1.29 is 21.2 Å². The van der Waals surface area contributed by atoms with Gasteiger partial charge in [-0.25, -0.2) is 41.1 Å². The van der Waals surface area contributed by atoms with Crippen LogP contribution in [-0.2, 0) is 26.6 Å². The highest BCUT2D eigenvalue weighted by Crippen LogP contribution is 2.26. The predicted molar refractivity (Wildman–Crippen MR) is 143 cm³/mol. The number of aromatic nitrogens is 3. The normalized spacial score (nSPS) is 11.9. The predicted octanol–water partition coefficient (Wildman–Crippen LogP) is 2.88. The van der Waals surface area contributed by atoms with Crippen molar-refractivity contribution in [2.75, 3.05) is 16.4 Å². The van der Waals surface area contributed by atoms with Gasteiger partial charge in [-0.3, -0.25) is 0 Å². The van der Waals surface area contributed by atoms with E-state index >= 15 is 0 Å². The zero-order chi connectivity index (χ0) is 27.7. The minimum absolute atomic E-state index is 0.0168. The van der Waals surface area contributed by atoms with Crippen LogP contribution in [-0.4, -0.2) is 31.8 Å². The number of benzene rings is 2. The molecule has 0 fully saturated rings. The van der Waals surface area contributed by atoms with Gasteiger partial charge in [-0.05, 0) is 49.2 Å². The molecule has 16 heteroatoms. The summed E-state index contributed by atoms with van der Waals surface area (Å²) in [5.41, 5.74) is 7.88. The van der Waals surface area contributed by atoms with Crippen LogP contribution in [0.5, 0.6) is 0 Å². The third kappa shape index (κ3) is 6.40. The molecule has 7 N–H and O–H groups in total. The van der Waals surface area contributed by atoms with E-state index in [4.69, 9.17) is 10.9 Å². The van der Waals surface area contributed by atoms with E-state index in [0.29, 0.717) is 28.2 Å². The van der Waals surface area contributed by atoms with E-state index in [1.807, 2.05) is 0 Å². The highest BCUT2D eigenvalue weighted by atomic mass is 32.2. The zero-order valence-electron chi connectivity index (χ0n) is 20.1. The largest absolute Gasteiger partial charge is 0.375 e. The summed E-state index contributed by atoms with van der Waals surface area (Å²) in [4.78, 5) is 11.9. The average molecular weight is 579 g/mol. The lowest BCUT2D eigenvalue weighted by Gasteiger charge is -2.11. The van der Waals surface area contributed by atoms with Crippen molar-refractivity contribution in [1.29, 1.82) is 0 Å². The summed E-state index contributed by atoms with van der Waals surface area (Å²) in [5.74, 6) is -0.836. The van der Waals surface area contributed by atoms with Gasteiger partial charge in [0.2, 0.25) is 16.0 Å². The van der Waals surface area contributed by atoms with Crippen molar-refractivity contribution >= 4 is 59.7 Å². The minimum atomic E-state index is -3.93. The van der Waals surface area contributed by atoms with Gasteiger partial charge in [0.15, 0.2) is 21.0 Å². The Labute approximate surface area is 222 Å². The average Bonchev–Trinajstić information content (AvgIpc) is 3.20. The molecule has 4 rings (SSSR count). The van der Waals surface area contributed by atoms with Gasteiger partial charge < -0.3 is 16.4 Å². The molecule has 4 aromatic rings. The monoisotopic (exact) mass is 578 g/mol. The number of hydrogen-bond donors (Lipinski definition) is 5. The number of hydrogen-bond acceptors (Lipinski definition) is 11. The number of thiazole rings is 1. The molecule has 12 nitrogen and oxygen atoms in total. The number of primary sulfonamides is 1. The summed E-state index contributed by atoms with van der Waals surface area (Å²) < 4.78 is 65.6. The number of nitrogen functional groups attached to an aromatic ring is 1. The van der Waals surface area contributed by atoms with E-state index in [0.717, 1.165) is 17.5 Å². The Bertz CT molecular complexity index is 1710. The van der Waals surface area contributed by atoms with Crippen LogP contribution in [0.25, 0.3) is 0 Å². The Morgan fingerprint density at radius 3 is 2.29 bits per heavy atom. The first-order chi connectivity index (χ1) is 17.8. The highest BCUT2D eigenvalue weighted by molar-refractivity contribution is 7.91. The number of nitrogens with one attached hydrogen (secondary N) is 3. The number of aryl methyl sites for hydroxylation is 2. The Morgan fingerprint density at radius 1 is 0.974 bits per heavy atom. The van der Waals surface area contributed by atoms with Crippen molar-refractivity contribution in [3.8, 4) is 0 Å². The quantitative estimate of drug-likeness (QED) is 0.197. The molecule has 0 aliphatic rings. The molecule has 0 aliphatic heterocycles. The van der Waals surface area contributed by atoms with Gasteiger partial charge in [0.1, 0.15) is 0 Å². The van der Waals surface area contributed by atoms with Crippen molar-refractivity contribution in [3.05, 3.63) is 71.3 Å². The lowest BCUT2D eigenvalue weighted by atomic mass is 10.2. The standard InChI is InChI=1S/C22H23FN8O4S3/c1-12-3-6-16(9-18(12)37(25,32)33)30-22-26-11-17(23)19(31-22)29-15-7-4-14(5-8-15)10-27-38(34,35)20-13(2)28-21(24)36-20/h3-9,11,27H,10H2,1-2H3,(H2,24,28)(H2,25,32,33)(H2,26,29,30,31). The molecule has 0 spiro atoms. The van der Waals surface area contributed by atoms with Crippen LogP contribution in [0, 0.1) is 19.7 Å². The van der Waals surface area contributed by atoms with E-state index < -0.39 is 25.9 Å². The van der Waals surface area contributed by atoms with Gasteiger partial charge in [0.05, 0.1) is 16.8 Å². The molecule has 0 saturated carbocycles. The Kier molecular flexibility index (Phi) is 7.61. The third-order valence-electron chi connectivity index (χ3n) is 5.19. The fourth-order valence-corrected chi connectivity index (χ4v) is 6.53. The molecular formula is C22H23FN8O4S3. The molecule has 0 unspecified atom stereocenters. The summed E-state index contributed by atoms with van der Waals surface area (Å²) in [5, 5.41) is 11.1. The maximum absolute atomic E-state index is 14.4.